The lowest BCUT2D eigenvalue weighted by atomic mass is 10.1. The zero-order valence-electron chi connectivity index (χ0n) is 11.7. The molecule has 1 atom stereocenters. The van der Waals surface area contributed by atoms with E-state index in [9.17, 15) is 4.79 Å². The van der Waals surface area contributed by atoms with Crippen LogP contribution < -0.4 is 15.4 Å². The number of amides is 2. The lowest BCUT2D eigenvalue weighted by molar-refractivity contribution is 0.220. The van der Waals surface area contributed by atoms with E-state index < -0.39 is 0 Å². The van der Waals surface area contributed by atoms with Crippen molar-refractivity contribution in [2.75, 3.05) is 13.2 Å². The van der Waals surface area contributed by atoms with Gasteiger partial charge >= 0.3 is 6.03 Å². The molecule has 0 radical (unpaired) electrons. The third-order valence-electron chi connectivity index (χ3n) is 2.64. The minimum Gasteiger partial charge on any atom is -0.494 e. The highest BCUT2D eigenvalue weighted by atomic mass is 16.5. The summed E-state index contributed by atoms with van der Waals surface area (Å²) in [6.45, 7) is 6.66. The van der Waals surface area contributed by atoms with Crippen molar-refractivity contribution in [3.63, 3.8) is 0 Å². The number of ether oxygens (including phenoxy) is 1. The number of benzene rings is 1. The topological polar surface area (TPSA) is 70.6 Å². The second-order valence-corrected chi connectivity index (χ2v) is 4.44. The average molecular weight is 266 g/mol. The number of aliphatic hydroxyl groups excluding tert-OH is 1. The molecule has 1 unspecified atom stereocenters. The Morgan fingerprint density at radius 2 is 2.21 bits per heavy atom. The Bertz CT molecular complexity index is 421. The fraction of sp³-hybridized carbons (Fsp3) is 0.500. The van der Waals surface area contributed by atoms with Crippen molar-refractivity contribution >= 4 is 6.03 Å². The second kappa shape index (κ2) is 7.63. The Morgan fingerprint density at radius 1 is 1.47 bits per heavy atom. The van der Waals surface area contributed by atoms with Gasteiger partial charge in [-0.25, -0.2) is 4.79 Å². The highest BCUT2D eigenvalue weighted by Crippen LogP contribution is 2.18. The van der Waals surface area contributed by atoms with Crippen LogP contribution >= 0.6 is 0 Å². The third kappa shape index (κ3) is 5.18. The lowest BCUT2D eigenvalue weighted by Gasteiger charge is -2.13. The zero-order chi connectivity index (χ0) is 14.3. The Morgan fingerprint density at radius 3 is 2.79 bits per heavy atom. The molecule has 0 heterocycles. The number of aryl methyl sites for hydroxylation is 1. The quantitative estimate of drug-likeness (QED) is 0.732. The molecule has 5 nitrogen and oxygen atoms in total. The standard InChI is InChI=1S/C14H22N2O3/c1-4-19-13-6-5-12(7-10(13)2)8-15-14(18)16-11(3)9-17/h5-7,11,17H,4,8-9H2,1-3H3,(H2,15,16,18). The van der Waals surface area contributed by atoms with Crippen LogP contribution in [0.5, 0.6) is 5.75 Å². The second-order valence-electron chi connectivity index (χ2n) is 4.44. The summed E-state index contributed by atoms with van der Waals surface area (Å²) in [5.74, 6) is 0.865. The van der Waals surface area contributed by atoms with Crippen molar-refractivity contribution in [2.24, 2.45) is 0 Å². The predicted octanol–water partition coefficient (Wildman–Crippen LogP) is 1.57. The van der Waals surface area contributed by atoms with Crippen molar-refractivity contribution in [2.45, 2.75) is 33.4 Å². The van der Waals surface area contributed by atoms with Crippen LogP contribution in [0.2, 0.25) is 0 Å². The molecule has 0 aromatic heterocycles. The zero-order valence-corrected chi connectivity index (χ0v) is 11.7. The summed E-state index contributed by atoms with van der Waals surface area (Å²) in [6.07, 6.45) is 0. The maximum absolute atomic E-state index is 11.5. The van der Waals surface area contributed by atoms with Gasteiger partial charge in [0.1, 0.15) is 5.75 Å². The Balaban J connectivity index is 2.49. The average Bonchev–Trinajstić information content (AvgIpc) is 2.39. The van der Waals surface area contributed by atoms with Gasteiger partial charge in [0.15, 0.2) is 0 Å². The van der Waals surface area contributed by atoms with Gasteiger partial charge in [0.05, 0.1) is 19.3 Å². The summed E-state index contributed by atoms with van der Waals surface area (Å²) >= 11 is 0. The molecule has 0 bridgehead atoms. The normalized spacial score (nSPS) is 11.8. The van der Waals surface area contributed by atoms with Crippen LogP contribution in [0.3, 0.4) is 0 Å². The molecule has 0 fully saturated rings. The first-order chi connectivity index (χ1) is 9.06. The van der Waals surface area contributed by atoms with Gasteiger partial charge in [-0.3, -0.25) is 0 Å². The van der Waals surface area contributed by atoms with E-state index in [4.69, 9.17) is 9.84 Å². The largest absolute Gasteiger partial charge is 0.494 e. The summed E-state index contributed by atoms with van der Waals surface area (Å²) in [5.41, 5.74) is 2.05. The molecule has 1 aromatic rings. The van der Waals surface area contributed by atoms with E-state index in [-0.39, 0.29) is 18.7 Å². The minimum atomic E-state index is -0.284. The van der Waals surface area contributed by atoms with E-state index in [2.05, 4.69) is 10.6 Å². The molecule has 0 saturated carbocycles. The minimum absolute atomic E-state index is 0.0738. The Labute approximate surface area is 114 Å². The van der Waals surface area contributed by atoms with Gasteiger partial charge in [-0.1, -0.05) is 12.1 Å². The SMILES string of the molecule is CCOc1ccc(CNC(=O)NC(C)CO)cc1C. The van der Waals surface area contributed by atoms with Crippen molar-refractivity contribution in [3.8, 4) is 5.75 Å². The van der Waals surface area contributed by atoms with Crippen LogP contribution in [-0.2, 0) is 6.54 Å². The molecule has 0 aliphatic heterocycles. The molecule has 0 saturated heterocycles. The highest BCUT2D eigenvalue weighted by molar-refractivity contribution is 5.74. The fourth-order valence-corrected chi connectivity index (χ4v) is 1.64. The first-order valence-corrected chi connectivity index (χ1v) is 6.44. The predicted molar refractivity (Wildman–Crippen MR) is 74.3 cm³/mol. The van der Waals surface area contributed by atoms with Crippen LogP contribution in [0.15, 0.2) is 18.2 Å². The number of hydrogen-bond donors (Lipinski definition) is 3. The lowest BCUT2D eigenvalue weighted by Crippen LogP contribution is -2.41. The van der Waals surface area contributed by atoms with E-state index in [1.165, 1.54) is 0 Å². The smallest absolute Gasteiger partial charge is 0.315 e. The maximum Gasteiger partial charge on any atom is 0.315 e. The van der Waals surface area contributed by atoms with E-state index in [1.54, 1.807) is 6.92 Å². The van der Waals surface area contributed by atoms with Crippen molar-refractivity contribution in [1.82, 2.24) is 10.6 Å². The molecule has 106 valence electrons. The number of hydrogen-bond acceptors (Lipinski definition) is 3. The number of rotatable bonds is 6. The molecular weight excluding hydrogens is 244 g/mol. The molecule has 0 aliphatic rings. The van der Waals surface area contributed by atoms with Gasteiger partial charge in [0, 0.05) is 6.54 Å². The van der Waals surface area contributed by atoms with Crippen LogP contribution in [0.1, 0.15) is 25.0 Å². The Hall–Kier alpha value is -1.75. The maximum atomic E-state index is 11.5. The summed E-state index contributed by atoms with van der Waals surface area (Å²) in [6, 6.07) is 5.29. The molecule has 1 aromatic carbocycles. The molecule has 0 spiro atoms. The molecule has 3 N–H and O–H groups in total. The number of carbonyl (C=O) groups is 1. The molecule has 1 rings (SSSR count). The van der Waals surface area contributed by atoms with Crippen molar-refractivity contribution < 1.29 is 14.6 Å². The highest BCUT2D eigenvalue weighted by Gasteiger charge is 2.06. The van der Waals surface area contributed by atoms with Gasteiger partial charge < -0.3 is 20.5 Å². The summed E-state index contributed by atoms with van der Waals surface area (Å²) < 4.78 is 5.46. The molecule has 19 heavy (non-hydrogen) atoms. The van der Waals surface area contributed by atoms with Crippen LogP contribution in [0.25, 0.3) is 0 Å². The number of carbonyl (C=O) groups excluding carboxylic acids is 1. The number of aliphatic hydroxyl groups is 1. The molecular formula is C14H22N2O3. The van der Waals surface area contributed by atoms with E-state index in [0.717, 1.165) is 16.9 Å². The Kier molecular flexibility index (Phi) is 6.15. The van der Waals surface area contributed by atoms with Gasteiger partial charge in [0.25, 0.3) is 0 Å². The van der Waals surface area contributed by atoms with Gasteiger partial charge in [-0.15, -0.1) is 0 Å². The number of nitrogens with one attached hydrogen (secondary N) is 2. The first-order valence-electron chi connectivity index (χ1n) is 6.44. The van der Waals surface area contributed by atoms with Crippen LogP contribution in [0, 0.1) is 6.92 Å². The first kappa shape index (κ1) is 15.3. The monoisotopic (exact) mass is 266 g/mol. The molecule has 2 amide bonds. The summed E-state index contributed by atoms with van der Waals surface area (Å²) in [4.78, 5) is 11.5. The third-order valence-corrected chi connectivity index (χ3v) is 2.64. The fourth-order valence-electron chi connectivity index (χ4n) is 1.64. The van der Waals surface area contributed by atoms with E-state index in [0.29, 0.717) is 13.2 Å². The van der Waals surface area contributed by atoms with Crippen molar-refractivity contribution in [1.29, 1.82) is 0 Å². The van der Waals surface area contributed by atoms with E-state index >= 15 is 0 Å². The number of urea groups is 1. The van der Waals surface area contributed by atoms with Crippen LogP contribution in [0.4, 0.5) is 4.79 Å². The molecule has 0 aliphatic carbocycles. The van der Waals surface area contributed by atoms with Gasteiger partial charge in [-0.2, -0.15) is 0 Å². The summed E-state index contributed by atoms with van der Waals surface area (Å²) in [7, 11) is 0. The van der Waals surface area contributed by atoms with Gasteiger partial charge in [0.2, 0.25) is 0 Å². The van der Waals surface area contributed by atoms with Crippen LogP contribution in [-0.4, -0.2) is 30.4 Å². The van der Waals surface area contributed by atoms with Crippen molar-refractivity contribution in [3.05, 3.63) is 29.3 Å². The van der Waals surface area contributed by atoms with E-state index in [1.807, 2.05) is 32.0 Å². The molecule has 5 heteroatoms. The van der Waals surface area contributed by atoms with Gasteiger partial charge in [-0.05, 0) is 38.0 Å². The summed E-state index contributed by atoms with van der Waals surface area (Å²) in [5, 5.41) is 14.2.